The molecule has 136 valence electrons. The molecule has 8 heteroatoms. The van der Waals surface area contributed by atoms with Crippen molar-refractivity contribution < 1.29 is 9.53 Å². The van der Waals surface area contributed by atoms with Crippen molar-refractivity contribution >= 4 is 17.7 Å². The third-order valence-electron chi connectivity index (χ3n) is 3.61. The number of thioether (sulfide) groups is 1. The SMILES string of the molecule is CCCCNC(=O)CSc1nnc(COc2ccc(C)cc2C)n1N. The zero-order valence-electron chi connectivity index (χ0n) is 14.9. The van der Waals surface area contributed by atoms with Crippen molar-refractivity contribution in [1.82, 2.24) is 20.2 Å². The fraction of sp³-hybridized carbons (Fsp3) is 0.471. The van der Waals surface area contributed by atoms with Crippen molar-refractivity contribution in [3.63, 3.8) is 0 Å². The predicted octanol–water partition coefficient (Wildman–Crippen LogP) is 2.20. The molecule has 1 heterocycles. The third kappa shape index (κ3) is 5.67. The fourth-order valence-electron chi connectivity index (χ4n) is 2.19. The lowest BCUT2D eigenvalue weighted by Gasteiger charge is -2.09. The number of benzene rings is 1. The van der Waals surface area contributed by atoms with E-state index in [4.69, 9.17) is 10.6 Å². The molecule has 0 aliphatic heterocycles. The van der Waals surface area contributed by atoms with E-state index in [9.17, 15) is 4.79 Å². The number of hydrogen-bond donors (Lipinski definition) is 2. The lowest BCUT2D eigenvalue weighted by molar-refractivity contribution is -0.118. The van der Waals surface area contributed by atoms with Crippen molar-refractivity contribution in [1.29, 1.82) is 0 Å². The van der Waals surface area contributed by atoms with Gasteiger partial charge < -0.3 is 15.9 Å². The summed E-state index contributed by atoms with van der Waals surface area (Å²) in [5, 5.41) is 11.4. The molecule has 0 saturated heterocycles. The average molecular weight is 363 g/mol. The average Bonchev–Trinajstić information content (AvgIpc) is 2.92. The number of nitrogens with zero attached hydrogens (tertiary/aromatic N) is 3. The molecular formula is C17H25N5O2S. The number of amides is 1. The van der Waals surface area contributed by atoms with Crippen LogP contribution in [0.3, 0.4) is 0 Å². The molecule has 3 N–H and O–H groups in total. The Labute approximate surface area is 152 Å². The minimum Gasteiger partial charge on any atom is -0.485 e. The number of aryl methyl sites for hydroxylation is 2. The van der Waals surface area contributed by atoms with Crippen molar-refractivity contribution in [3.05, 3.63) is 35.2 Å². The Morgan fingerprint density at radius 3 is 2.88 bits per heavy atom. The van der Waals surface area contributed by atoms with Crippen LogP contribution in [0.2, 0.25) is 0 Å². The maximum absolute atomic E-state index is 11.7. The van der Waals surface area contributed by atoms with Gasteiger partial charge in [0, 0.05) is 6.54 Å². The van der Waals surface area contributed by atoms with Gasteiger partial charge in [-0.2, -0.15) is 0 Å². The Bertz CT molecular complexity index is 717. The van der Waals surface area contributed by atoms with Crippen molar-refractivity contribution in [2.24, 2.45) is 0 Å². The minimum absolute atomic E-state index is 0.0328. The summed E-state index contributed by atoms with van der Waals surface area (Å²) in [5.74, 6) is 7.52. The lowest BCUT2D eigenvalue weighted by atomic mass is 10.1. The number of hydrogen-bond acceptors (Lipinski definition) is 6. The quantitative estimate of drug-likeness (QED) is 0.403. The standard InChI is InChI=1S/C17H25N5O2S/c1-4-5-8-19-16(23)11-25-17-21-20-15(22(17)18)10-24-14-7-6-12(2)9-13(14)3/h6-7,9H,4-5,8,10-11,18H2,1-3H3,(H,19,23). The van der Waals surface area contributed by atoms with Crippen LogP contribution in [0.25, 0.3) is 0 Å². The minimum atomic E-state index is -0.0328. The highest BCUT2D eigenvalue weighted by atomic mass is 32.2. The van der Waals surface area contributed by atoms with Crippen molar-refractivity contribution in [2.45, 2.75) is 45.4 Å². The summed E-state index contributed by atoms with van der Waals surface area (Å²) >= 11 is 1.26. The molecule has 0 bridgehead atoms. The molecule has 1 amide bonds. The largest absolute Gasteiger partial charge is 0.485 e. The van der Waals surface area contributed by atoms with E-state index in [-0.39, 0.29) is 18.3 Å². The van der Waals surface area contributed by atoms with Gasteiger partial charge in [-0.05, 0) is 31.9 Å². The van der Waals surface area contributed by atoms with E-state index in [1.807, 2.05) is 26.0 Å². The molecule has 0 saturated carbocycles. The van der Waals surface area contributed by atoms with Gasteiger partial charge in [0.2, 0.25) is 11.1 Å². The normalized spacial score (nSPS) is 10.7. The van der Waals surface area contributed by atoms with Gasteiger partial charge in [-0.25, -0.2) is 4.68 Å². The number of aromatic nitrogens is 3. The van der Waals surface area contributed by atoms with Crippen LogP contribution in [0.15, 0.2) is 23.4 Å². The molecule has 0 radical (unpaired) electrons. The van der Waals surface area contributed by atoms with Gasteiger partial charge in [-0.1, -0.05) is 42.8 Å². The Balaban J connectivity index is 1.86. The van der Waals surface area contributed by atoms with Crippen LogP contribution < -0.4 is 15.9 Å². The maximum atomic E-state index is 11.7. The molecule has 1 aromatic carbocycles. The second kappa shape index (κ2) is 9.31. The first-order valence-electron chi connectivity index (χ1n) is 8.30. The summed E-state index contributed by atoms with van der Waals surface area (Å²) in [5.41, 5.74) is 2.24. The van der Waals surface area contributed by atoms with E-state index < -0.39 is 0 Å². The van der Waals surface area contributed by atoms with Crippen LogP contribution >= 0.6 is 11.8 Å². The number of nitrogens with two attached hydrogens (primary N) is 1. The highest BCUT2D eigenvalue weighted by Crippen LogP contribution is 2.20. The van der Waals surface area contributed by atoms with Crippen LogP contribution in [0, 0.1) is 13.8 Å². The zero-order valence-corrected chi connectivity index (χ0v) is 15.7. The third-order valence-corrected chi connectivity index (χ3v) is 4.55. The van der Waals surface area contributed by atoms with E-state index in [2.05, 4.69) is 28.5 Å². The molecule has 2 aromatic rings. The summed E-state index contributed by atoms with van der Waals surface area (Å²) in [4.78, 5) is 11.7. The zero-order chi connectivity index (χ0) is 18.2. The Hall–Kier alpha value is -2.22. The van der Waals surface area contributed by atoms with Gasteiger partial charge in [-0.3, -0.25) is 4.79 Å². The highest BCUT2D eigenvalue weighted by molar-refractivity contribution is 7.99. The van der Waals surface area contributed by atoms with E-state index in [1.165, 1.54) is 22.0 Å². The second-order valence-electron chi connectivity index (χ2n) is 5.82. The Kier molecular flexibility index (Phi) is 7.12. The number of nitrogens with one attached hydrogen (secondary N) is 1. The van der Waals surface area contributed by atoms with Crippen LogP contribution in [-0.4, -0.2) is 33.1 Å². The summed E-state index contributed by atoms with van der Waals surface area (Å²) in [6, 6.07) is 5.98. The van der Waals surface area contributed by atoms with Crippen LogP contribution in [0.4, 0.5) is 0 Å². The molecule has 0 fully saturated rings. The van der Waals surface area contributed by atoms with E-state index >= 15 is 0 Å². The summed E-state index contributed by atoms with van der Waals surface area (Å²) < 4.78 is 7.14. The molecule has 0 aliphatic rings. The van der Waals surface area contributed by atoms with E-state index in [0.29, 0.717) is 17.5 Å². The monoisotopic (exact) mass is 363 g/mol. The number of ether oxygens (including phenoxy) is 1. The molecule has 0 aliphatic carbocycles. The van der Waals surface area contributed by atoms with Crippen LogP contribution in [0.1, 0.15) is 36.7 Å². The first kappa shape index (κ1) is 19.1. The number of nitrogen functional groups attached to an aromatic ring is 1. The van der Waals surface area contributed by atoms with Crippen molar-refractivity contribution in [3.8, 4) is 5.75 Å². The topological polar surface area (TPSA) is 95.1 Å². The van der Waals surface area contributed by atoms with Gasteiger partial charge in [0.25, 0.3) is 0 Å². The molecule has 2 rings (SSSR count). The first-order valence-corrected chi connectivity index (χ1v) is 9.28. The van der Waals surface area contributed by atoms with E-state index in [1.54, 1.807) is 0 Å². The summed E-state index contributed by atoms with van der Waals surface area (Å²) in [6.45, 7) is 7.03. The molecule has 7 nitrogen and oxygen atoms in total. The first-order chi connectivity index (χ1) is 12.0. The maximum Gasteiger partial charge on any atom is 0.230 e. The number of carbonyl (C=O) groups is 1. The van der Waals surface area contributed by atoms with Gasteiger partial charge in [0.05, 0.1) is 5.75 Å². The number of rotatable bonds is 9. The highest BCUT2D eigenvalue weighted by Gasteiger charge is 2.13. The number of carbonyl (C=O) groups excluding carboxylic acids is 1. The predicted molar refractivity (Wildman–Crippen MR) is 99.1 cm³/mol. The molecule has 0 atom stereocenters. The summed E-state index contributed by atoms with van der Waals surface area (Å²) in [7, 11) is 0. The smallest absolute Gasteiger partial charge is 0.230 e. The molecule has 25 heavy (non-hydrogen) atoms. The molecule has 0 spiro atoms. The van der Waals surface area contributed by atoms with Crippen molar-refractivity contribution in [2.75, 3.05) is 18.1 Å². The van der Waals surface area contributed by atoms with Crippen LogP contribution in [0.5, 0.6) is 5.75 Å². The van der Waals surface area contributed by atoms with E-state index in [0.717, 1.165) is 24.2 Å². The molecule has 1 aromatic heterocycles. The second-order valence-corrected chi connectivity index (χ2v) is 6.76. The van der Waals surface area contributed by atoms with Gasteiger partial charge in [-0.15, -0.1) is 10.2 Å². The van der Waals surface area contributed by atoms with Gasteiger partial charge in [0.1, 0.15) is 12.4 Å². The van der Waals surface area contributed by atoms with Crippen LogP contribution in [-0.2, 0) is 11.4 Å². The fourth-order valence-corrected chi connectivity index (χ4v) is 2.90. The summed E-state index contributed by atoms with van der Waals surface area (Å²) in [6.07, 6.45) is 2.03. The molecular weight excluding hydrogens is 338 g/mol. The molecule has 0 unspecified atom stereocenters. The Morgan fingerprint density at radius 1 is 1.36 bits per heavy atom. The van der Waals surface area contributed by atoms with Gasteiger partial charge >= 0.3 is 0 Å². The lowest BCUT2D eigenvalue weighted by Crippen LogP contribution is -2.26. The van der Waals surface area contributed by atoms with Gasteiger partial charge in [0.15, 0.2) is 5.82 Å². The number of unbranched alkanes of at least 4 members (excludes halogenated alkanes) is 1. The Morgan fingerprint density at radius 2 is 2.16 bits per heavy atom.